The van der Waals surface area contributed by atoms with Crippen molar-refractivity contribution in [2.24, 2.45) is 17.0 Å². The molecule has 108 valence electrons. The highest BCUT2D eigenvalue weighted by molar-refractivity contribution is 5.93. The Hall–Kier alpha value is -2.96. The van der Waals surface area contributed by atoms with Crippen LogP contribution in [0.5, 0.6) is 0 Å². The summed E-state index contributed by atoms with van der Waals surface area (Å²) in [5.74, 6) is 0.971. The van der Waals surface area contributed by atoms with E-state index in [0.717, 1.165) is 11.3 Å². The van der Waals surface area contributed by atoms with Crippen LogP contribution in [-0.4, -0.2) is 27.4 Å². The topological polar surface area (TPSA) is 87.4 Å². The number of aromatic amines is 1. The fourth-order valence-electron chi connectivity index (χ4n) is 1.73. The van der Waals surface area contributed by atoms with Crippen LogP contribution in [0.1, 0.15) is 12.5 Å². The number of pyridine rings is 1. The second-order valence-corrected chi connectivity index (χ2v) is 4.18. The van der Waals surface area contributed by atoms with Gasteiger partial charge < -0.3 is 10.3 Å². The van der Waals surface area contributed by atoms with Crippen molar-refractivity contribution in [3.05, 3.63) is 52.6 Å². The number of hydrogen-bond donors (Lipinski definition) is 2. The molecule has 2 N–H and O–H groups in total. The first kappa shape index (κ1) is 14.4. The van der Waals surface area contributed by atoms with Crippen molar-refractivity contribution in [2.75, 3.05) is 0 Å². The zero-order valence-corrected chi connectivity index (χ0v) is 11.9. The third-order valence-corrected chi connectivity index (χ3v) is 2.79. The zero-order chi connectivity index (χ0) is 15.2. The summed E-state index contributed by atoms with van der Waals surface area (Å²) in [7, 11) is 1.78. The molecule has 2 heterocycles. The predicted octanol–water partition coefficient (Wildman–Crippen LogP) is 1.45. The van der Waals surface area contributed by atoms with E-state index in [2.05, 4.69) is 32.1 Å². The van der Waals surface area contributed by atoms with Gasteiger partial charge in [0.25, 0.3) is 0 Å². The Bertz CT molecular complexity index is 753. The summed E-state index contributed by atoms with van der Waals surface area (Å²) in [6.45, 7) is 5.36. The maximum Gasteiger partial charge on any atom is 0.248 e. The Morgan fingerprint density at radius 2 is 2.33 bits per heavy atom. The number of rotatable bonds is 3. The van der Waals surface area contributed by atoms with Gasteiger partial charge in [-0.05, 0) is 19.7 Å². The van der Waals surface area contributed by atoms with Crippen molar-refractivity contribution < 1.29 is 0 Å². The molecule has 0 radical (unpaired) electrons. The van der Waals surface area contributed by atoms with E-state index in [1.165, 1.54) is 6.07 Å². The smallest absolute Gasteiger partial charge is 0.248 e. The quantitative estimate of drug-likeness (QED) is 0.660. The molecule has 0 saturated heterocycles. The van der Waals surface area contributed by atoms with Gasteiger partial charge in [0, 0.05) is 36.6 Å². The molecule has 0 spiro atoms. The van der Waals surface area contributed by atoms with Crippen LogP contribution in [0.2, 0.25) is 0 Å². The monoisotopic (exact) mass is 284 g/mol. The fourth-order valence-corrected chi connectivity index (χ4v) is 1.73. The zero-order valence-electron chi connectivity index (χ0n) is 11.9. The molecule has 0 bridgehead atoms. The summed E-state index contributed by atoms with van der Waals surface area (Å²) in [6, 6.07) is 5.04. The van der Waals surface area contributed by atoms with E-state index in [1.54, 1.807) is 36.3 Å². The molecular weight excluding hydrogens is 268 g/mol. The number of guanidine groups is 1. The molecule has 0 saturated carbocycles. The second-order valence-electron chi connectivity index (χ2n) is 4.18. The lowest BCUT2D eigenvalue weighted by molar-refractivity contribution is 0.769. The molecule has 0 aromatic carbocycles. The molecule has 2 rings (SSSR count). The van der Waals surface area contributed by atoms with Crippen molar-refractivity contribution in [1.82, 2.24) is 20.1 Å². The van der Waals surface area contributed by atoms with Gasteiger partial charge in [-0.15, -0.1) is 0 Å². The van der Waals surface area contributed by atoms with E-state index in [4.69, 9.17) is 0 Å². The van der Waals surface area contributed by atoms with E-state index >= 15 is 0 Å². The third kappa shape index (κ3) is 3.53. The molecular formula is C14H16N6O. The lowest BCUT2D eigenvalue weighted by Crippen LogP contribution is -2.20. The SMILES string of the molecule is C=NC(=Nc1ccnn1C)N/C(=C\C)c1cc[nH]c(=O)c1. The number of aryl methyl sites for hydroxylation is 1. The number of aliphatic imine (C=N–C) groups is 2. The Labute approximate surface area is 121 Å². The van der Waals surface area contributed by atoms with E-state index in [9.17, 15) is 4.79 Å². The maximum absolute atomic E-state index is 11.4. The van der Waals surface area contributed by atoms with E-state index in [0.29, 0.717) is 11.8 Å². The summed E-state index contributed by atoms with van der Waals surface area (Å²) in [6.07, 6.45) is 5.06. The van der Waals surface area contributed by atoms with Crippen LogP contribution in [0.25, 0.3) is 5.70 Å². The summed E-state index contributed by atoms with van der Waals surface area (Å²) in [5.41, 5.74) is 1.28. The first-order valence-electron chi connectivity index (χ1n) is 6.30. The Kier molecular flexibility index (Phi) is 4.45. The number of hydrogen-bond acceptors (Lipinski definition) is 3. The highest BCUT2D eigenvalue weighted by Gasteiger charge is 2.05. The Morgan fingerprint density at radius 1 is 1.52 bits per heavy atom. The molecule has 0 unspecified atom stereocenters. The molecule has 7 heteroatoms. The number of nitrogens with one attached hydrogen (secondary N) is 2. The molecule has 0 atom stereocenters. The van der Waals surface area contributed by atoms with Crippen LogP contribution in [0.4, 0.5) is 5.82 Å². The van der Waals surface area contributed by atoms with Crippen LogP contribution in [0.3, 0.4) is 0 Å². The molecule has 2 aromatic heterocycles. The van der Waals surface area contributed by atoms with Gasteiger partial charge in [0.15, 0.2) is 5.82 Å². The van der Waals surface area contributed by atoms with Crippen molar-refractivity contribution in [3.8, 4) is 0 Å². The summed E-state index contributed by atoms with van der Waals surface area (Å²) in [5, 5.41) is 7.08. The standard InChI is InChI=1S/C14H16N6O/c1-4-11(10-5-7-16-13(21)9-10)18-14(15-2)19-12-6-8-17-20(12)3/h4-9H,2H2,1,3H3,(H,16,21)(H,18,19)/b11-4-. The molecule has 7 nitrogen and oxygen atoms in total. The van der Waals surface area contributed by atoms with Gasteiger partial charge in [-0.1, -0.05) is 6.08 Å². The fraction of sp³-hybridized carbons (Fsp3) is 0.143. The van der Waals surface area contributed by atoms with Gasteiger partial charge >= 0.3 is 0 Å². The van der Waals surface area contributed by atoms with Gasteiger partial charge in [-0.25, -0.2) is 4.99 Å². The molecule has 0 aliphatic rings. The minimum Gasteiger partial charge on any atom is -0.329 e. The molecule has 21 heavy (non-hydrogen) atoms. The van der Waals surface area contributed by atoms with E-state index in [-0.39, 0.29) is 5.56 Å². The first-order valence-corrected chi connectivity index (χ1v) is 6.30. The van der Waals surface area contributed by atoms with Gasteiger partial charge in [0.1, 0.15) is 0 Å². The predicted molar refractivity (Wildman–Crippen MR) is 83.7 cm³/mol. The highest BCUT2D eigenvalue weighted by Crippen LogP contribution is 2.12. The van der Waals surface area contributed by atoms with Crippen molar-refractivity contribution in [3.63, 3.8) is 0 Å². The average Bonchev–Trinajstić information content (AvgIpc) is 2.88. The van der Waals surface area contributed by atoms with Gasteiger partial charge in [-0.2, -0.15) is 10.1 Å². The second kappa shape index (κ2) is 6.47. The third-order valence-electron chi connectivity index (χ3n) is 2.79. The molecule has 0 aliphatic carbocycles. The maximum atomic E-state index is 11.4. The number of H-pyrrole nitrogens is 1. The average molecular weight is 284 g/mol. The number of aromatic nitrogens is 3. The van der Waals surface area contributed by atoms with Gasteiger partial charge in [0.2, 0.25) is 11.5 Å². The molecule has 2 aromatic rings. The van der Waals surface area contributed by atoms with Crippen LogP contribution >= 0.6 is 0 Å². The summed E-state index contributed by atoms with van der Waals surface area (Å²) >= 11 is 0. The number of allylic oxidation sites excluding steroid dienone is 1. The molecule has 0 aliphatic heterocycles. The van der Waals surface area contributed by atoms with Crippen molar-refractivity contribution in [2.45, 2.75) is 6.92 Å². The van der Waals surface area contributed by atoms with Gasteiger partial charge in [-0.3, -0.25) is 9.48 Å². The lowest BCUT2D eigenvalue weighted by atomic mass is 10.2. The first-order chi connectivity index (χ1) is 10.1. The largest absolute Gasteiger partial charge is 0.329 e. The van der Waals surface area contributed by atoms with Crippen LogP contribution in [0.15, 0.2) is 51.4 Å². The summed E-state index contributed by atoms with van der Waals surface area (Å²) < 4.78 is 1.62. The number of nitrogens with zero attached hydrogens (tertiary/aromatic N) is 4. The molecule has 0 fully saturated rings. The lowest BCUT2D eigenvalue weighted by Gasteiger charge is -2.09. The molecule has 0 amide bonds. The Morgan fingerprint density at radius 3 is 2.90 bits per heavy atom. The van der Waals surface area contributed by atoms with Crippen LogP contribution in [0, 0.1) is 0 Å². The van der Waals surface area contributed by atoms with Crippen LogP contribution < -0.4 is 10.9 Å². The van der Waals surface area contributed by atoms with Crippen molar-refractivity contribution in [1.29, 1.82) is 0 Å². The minimum absolute atomic E-state index is 0.176. The van der Waals surface area contributed by atoms with E-state index in [1.807, 2.05) is 13.0 Å². The van der Waals surface area contributed by atoms with E-state index < -0.39 is 0 Å². The van der Waals surface area contributed by atoms with Gasteiger partial charge in [0.05, 0.1) is 6.20 Å². The van der Waals surface area contributed by atoms with Crippen LogP contribution in [-0.2, 0) is 7.05 Å². The van der Waals surface area contributed by atoms with Crippen molar-refractivity contribution >= 4 is 24.2 Å². The highest BCUT2D eigenvalue weighted by atomic mass is 16.1. The minimum atomic E-state index is -0.176. The Balaban J connectivity index is 2.29. The summed E-state index contributed by atoms with van der Waals surface area (Å²) in [4.78, 5) is 22.1. The normalized spacial score (nSPS) is 12.3.